The van der Waals surface area contributed by atoms with Crippen LogP contribution in [0.5, 0.6) is 0 Å². The van der Waals surface area contributed by atoms with Crippen LogP contribution < -0.4 is 5.32 Å². The van der Waals surface area contributed by atoms with Crippen molar-refractivity contribution in [2.75, 3.05) is 7.05 Å². The molecule has 0 aliphatic heterocycles. The summed E-state index contributed by atoms with van der Waals surface area (Å²) in [5.41, 5.74) is 6.08. The van der Waals surface area contributed by atoms with E-state index in [1.807, 2.05) is 0 Å². The zero-order valence-corrected chi connectivity index (χ0v) is 13.1. The Morgan fingerprint density at radius 1 is 1.11 bits per heavy atom. The molecule has 1 nitrogen and oxygen atoms in total. The molecule has 1 heteroatoms. The molecule has 0 saturated carbocycles. The summed E-state index contributed by atoms with van der Waals surface area (Å²) >= 11 is 0. The molecule has 0 radical (unpaired) electrons. The Morgan fingerprint density at radius 2 is 1.61 bits per heavy atom. The van der Waals surface area contributed by atoms with Gasteiger partial charge in [0.15, 0.2) is 0 Å². The molecule has 18 heavy (non-hydrogen) atoms. The van der Waals surface area contributed by atoms with Crippen molar-refractivity contribution in [1.82, 2.24) is 5.32 Å². The van der Waals surface area contributed by atoms with Gasteiger partial charge in [-0.2, -0.15) is 0 Å². The van der Waals surface area contributed by atoms with Gasteiger partial charge in [-0.05, 0) is 61.4 Å². The van der Waals surface area contributed by atoms with Gasteiger partial charge >= 0.3 is 0 Å². The van der Waals surface area contributed by atoms with Gasteiger partial charge in [0.1, 0.15) is 0 Å². The largest absolute Gasteiger partial charge is 0.317 e. The van der Waals surface area contributed by atoms with Crippen molar-refractivity contribution in [3.63, 3.8) is 0 Å². The summed E-state index contributed by atoms with van der Waals surface area (Å²) in [6, 6.07) is 5.32. The highest BCUT2D eigenvalue weighted by atomic mass is 14.9. The average molecular weight is 247 g/mol. The molecule has 1 atom stereocenters. The first kappa shape index (κ1) is 15.2. The van der Waals surface area contributed by atoms with Crippen molar-refractivity contribution in [3.8, 4) is 0 Å². The van der Waals surface area contributed by atoms with E-state index in [0.717, 1.165) is 6.42 Å². The SMILES string of the molecule is CCC(Cc1c(C)cc(C(C)(C)C)cc1C)NC. The van der Waals surface area contributed by atoms with Gasteiger partial charge in [-0.25, -0.2) is 0 Å². The second-order valence-corrected chi connectivity index (χ2v) is 6.44. The standard InChI is InChI=1S/C17H29N/c1-8-15(18-7)11-16-12(2)9-14(10-13(16)3)17(4,5)6/h9-10,15,18H,8,11H2,1-7H3. The van der Waals surface area contributed by atoms with Crippen LogP contribution in [-0.4, -0.2) is 13.1 Å². The first-order valence-corrected chi connectivity index (χ1v) is 7.07. The van der Waals surface area contributed by atoms with Crippen molar-refractivity contribution >= 4 is 0 Å². The van der Waals surface area contributed by atoms with Crippen LogP contribution in [0.1, 0.15) is 56.4 Å². The molecule has 0 aliphatic rings. The molecule has 1 unspecified atom stereocenters. The number of hydrogen-bond donors (Lipinski definition) is 1. The molecule has 0 bridgehead atoms. The van der Waals surface area contributed by atoms with Crippen molar-refractivity contribution in [3.05, 3.63) is 34.4 Å². The van der Waals surface area contributed by atoms with Gasteiger partial charge in [0, 0.05) is 6.04 Å². The molecule has 0 heterocycles. The highest BCUT2D eigenvalue weighted by Gasteiger charge is 2.17. The van der Waals surface area contributed by atoms with Crippen LogP contribution in [0.2, 0.25) is 0 Å². The highest BCUT2D eigenvalue weighted by Crippen LogP contribution is 2.27. The maximum atomic E-state index is 3.40. The summed E-state index contributed by atoms with van der Waals surface area (Å²) in [5, 5.41) is 3.40. The first-order valence-electron chi connectivity index (χ1n) is 7.07. The Kier molecular flexibility index (Phi) is 4.98. The predicted octanol–water partition coefficient (Wildman–Crippen LogP) is 4.14. The van der Waals surface area contributed by atoms with Crippen molar-refractivity contribution in [2.24, 2.45) is 0 Å². The molecule has 0 saturated heterocycles. The van der Waals surface area contributed by atoms with Crippen LogP contribution >= 0.6 is 0 Å². The fourth-order valence-electron chi connectivity index (χ4n) is 2.45. The van der Waals surface area contributed by atoms with Crippen molar-refractivity contribution in [1.29, 1.82) is 0 Å². The number of benzene rings is 1. The summed E-state index contributed by atoms with van der Waals surface area (Å²) in [6.45, 7) is 13.6. The topological polar surface area (TPSA) is 12.0 Å². The van der Waals surface area contributed by atoms with Crippen LogP contribution in [0.4, 0.5) is 0 Å². The Balaban J connectivity index is 3.09. The lowest BCUT2D eigenvalue weighted by molar-refractivity contribution is 0.540. The van der Waals surface area contributed by atoms with Crippen LogP contribution in [-0.2, 0) is 11.8 Å². The lowest BCUT2D eigenvalue weighted by atomic mass is 9.83. The number of nitrogens with one attached hydrogen (secondary N) is 1. The summed E-state index contributed by atoms with van der Waals surface area (Å²) in [5.74, 6) is 0. The molecule has 0 amide bonds. The fraction of sp³-hybridized carbons (Fsp3) is 0.647. The van der Waals surface area contributed by atoms with E-state index in [9.17, 15) is 0 Å². The molecular formula is C17H29N. The number of likely N-dealkylation sites (N-methyl/N-ethyl adjacent to an activating group) is 1. The lowest BCUT2D eigenvalue weighted by Gasteiger charge is -2.24. The minimum absolute atomic E-state index is 0.237. The molecule has 0 fully saturated rings. The van der Waals surface area contributed by atoms with E-state index in [0.29, 0.717) is 6.04 Å². The molecular weight excluding hydrogens is 218 g/mol. The monoisotopic (exact) mass is 247 g/mol. The molecule has 1 aromatic rings. The van der Waals surface area contributed by atoms with Gasteiger partial charge in [0.2, 0.25) is 0 Å². The first-order chi connectivity index (χ1) is 8.29. The summed E-state index contributed by atoms with van der Waals surface area (Å²) < 4.78 is 0. The quantitative estimate of drug-likeness (QED) is 0.843. The molecule has 0 aromatic heterocycles. The zero-order chi connectivity index (χ0) is 13.9. The third-order valence-electron chi connectivity index (χ3n) is 3.91. The van der Waals surface area contributed by atoms with E-state index >= 15 is 0 Å². The maximum Gasteiger partial charge on any atom is 0.0102 e. The van der Waals surface area contributed by atoms with E-state index in [1.54, 1.807) is 0 Å². The Morgan fingerprint density at radius 3 is 1.94 bits per heavy atom. The molecule has 1 rings (SSSR count). The van der Waals surface area contributed by atoms with Gasteiger partial charge in [0.05, 0.1) is 0 Å². The summed E-state index contributed by atoms with van der Waals surface area (Å²) in [7, 11) is 2.06. The normalized spacial score (nSPS) is 13.7. The second-order valence-electron chi connectivity index (χ2n) is 6.44. The predicted molar refractivity (Wildman–Crippen MR) is 81.5 cm³/mol. The summed E-state index contributed by atoms with van der Waals surface area (Å²) in [4.78, 5) is 0. The molecule has 1 N–H and O–H groups in total. The van der Waals surface area contributed by atoms with Gasteiger partial charge in [-0.15, -0.1) is 0 Å². The average Bonchev–Trinajstić information content (AvgIpc) is 2.27. The Bertz CT molecular complexity index is 372. The van der Waals surface area contributed by atoms with E-state index in [-0.39, 0.29) is 5.41 Å². The Labute approximate surface area is 113 Å². The second kappa shape index (κ2) is 5.88. The fourth-order valence-corrected chi connectivity index (χ4v) is 2.45. The number of aryl methyl sites for hydroxylation is 2. The lowest BCUT2D eigenvalue weighted by Crippen LogP contribution is -2.27. The minimum atomic E-state index is 0.237. The Hall–Kier alpha value is -0.820. The van der Waals surface area contributed by atoms with Gasteiger partial charge < -0.3 is 5.32 Å². The van der Waals surface area contributed by atoms with E-state index in [2.05, 4.69) is 66.0 Å². The van der Waals surface area contributed by atoms with Gasteiger partial charge in [-0.1, -0.05) is 39.8 Å². The highest BCUT2D eigenvalue weighted by molar-refractivity contribution is 5.40. The smallest absolute Gasteiger partial charge is 0.0102 e. The van der Waals surface area contributed by atoms with Gasteiger partial charge in [0.25, 0.3) is 0 Å². The molecule has 0 spiro atoms. The number of rotatable bonds is 4. The summed E-state index contributed by atoms with van der Waals surface area (Å²) in [6.07, 6.45) is 2.31. The van der Waals surface area contributed by atoms with Gasteiger partial charge in [-0.3, -0.25) is 0 Å². The van der Waals surface area contributed by atoms with E-state index < -0.39 is 0 Å². The van der Waals surface area contributed by atoms with Crippen LogP contribution in [0, 0.1) is 13.8 Å². The van der Waals surface area contributed by atoms with Crippen LogP contribution in [0.15, 0.2) is 12.1 Å². The third-order valence-corrected chi connectivity index (χ3v) is 3.91. The molecule has 1 aromatic carbocycles. The molecule has 102 valence electrons. The maximum absolute atomic E-state index is 3.40. The van der Waals surface area contributed by atoms with E-state index in [1.165, 1.54) is 28.7 Å². The molecule has 0 aliphatic carbocycles. The van der Waals surface area contributed by atoms with Crippen LogP contribution in [0.3, 0.4) is 0 Å². The van der Waals surface area contributed by atoms with E-state index in [4.69, 9.17) is 0 Å². The number of hydrogen-bond acceptors (Lipinski definition) is 1. The van der Waals surface area contributed by atoms with Crippen molar-refractivity contribution < 1.29 is 0 Å². The minimum Gasteiger partial charge on any atom is -0.317 e. The third kappa shape index (κ3) is 3.58. The van der Waals surface area contributed by atoms with Crippen molar-refractivity contribution in [2.45, 2.75) is 65.8 Å². The zero-order valence-electron chi connectivity index (χ0n) is 13.1. The van der Waals surface area contributed by atoms with Crippen LogP contribution in [0.25, 0.3) is 0 Å².